The van der Waals surface area contributed by atoms with Gasteiger partial charge in [0, 0.05) is 12.4 Å². The molecule has 0 unspecified atom stereocenters. The first-order valence-corrected chi connectivity index (χ1v) is 25.0. The van der Waals surface area contributed by atoms with Gasteiger partial charge in [-0.1, -0.05) is 34.1 Å². The van der Waals surface area contributed by atoms with E-state index in [1.807, 2.05) is 60.9 Å². The molecule has 0 saturated heterocycles. The summed E-state index contributed by atoms with van der Waals surface area (Å²) in [5, 5.41) is 4.84. The standard InChI is InChI=1S/C60H61BN6O.Pt/c1-11-31-61-66(56-37-43(29-32-62-56)58(2,3)4)55-39-48(27-28-51(55)52-30-33-63-67(52)61)68-47-22-17-21-46(38-47)64-40-65(54-26-16-15-25-53(54)64)57-49(41-19-13-12-14-20-41)23-18-24-50(57)42-34-44(59(5,6)7)36-45(35-42)60(8,9)10;/h12-30,32-39H,11,31H2,1-10H3;/i12D,13D,14D,19D,20D;. The van der Waals surface area contributed by atoms with Gasteiger partial charge < -0.3 is 0 Å². The molecule has 0 N–H and O–H groups in total. The number of hydrogen-bond acceptors (Lipinski definition) is 4. The molecule has 1 aliphatic heterocycles. The van der Waals surface area contributed by atoms with E-state index in [1.165, 1.54) is 16.7 Å². The van der Waals surface area contributed by atoms with E-state index in [4.69, 9.17) is 18.9 Å². The van der Waals surface area contributed by atoms with Crippen LogP contribution in [-0.4, -0.2) is 30.8 Å². The molecule has 9 aromatic rings. The maximum atomic E-state index is 9.29. The molecule has 0 spiro atoms. The number of benzene rings is 6. The fraction of sp³-hybridized carbons (Fsp3) is 0.250. The number of pyridine rings is 1. The van der Waals surface area contributed by atoms with Crippen LogP contribution in [0.15, 0.2) is 164 Å². The van der Waals surface area contributed by atoms with Crippen LogP contribution in [0.4, 0.5) is 11.5 Å². The molecule has 3 aromatic heterocycles. The van der Waals surface area contributed by atoms with Gasteiger partial charge in [0.1, 0.15) is 0 Å². The maximum absolute atomic E-state index is 9.29. The Morgan fingerprint density at radius 1 is 0.609 bits per heavy atom. The summed E-state index contributed by atoms with van der Waals surface area (Å²) >= 11 is 2.37. The van der Waals surface area contributed by atoms with Crippen molar-refractivity contribution in [2.45, 2.75) is 98.2 Å². The van der Waals surface area contributed by atoms with E-state index in [-0.39, 0.29) is 53.0 Å². The summed E-state index contributed by atoms with van der Waals surface area (Å²) in [5.41, 5.74) is 12.0. The van der Waals surface area contributed by atoms with Crippen LogP contribution < -0.4 is 9.55 Å². The summed E-state index contributed by atoms with van der Waals surface area (Å²) in [6.45, 7) is 22.1. The zero-order valence-corrected chi connectivity index (χ0v) is 43.4. The van der Waals surface area contributed by atoms with Crippen molar-refractivity contribution in [2.75, 3.05) is 4.81 Å². The average Bonchev–Trinajstić information content (AvgIpc) is 3.97. The Hall–Kier alpha value is -6.50. The van der Waals surface area contributed by atoms with Gasteiger partial charge in [-0.3, -0.25) is 0 Å². The summed E-state index contributed by atoms with van der Waals surface area (Å²) in [5.74, 6) is 2.17. The van der Waals surface area contributed by atoms with Gasteiger partial charge in [0.15, 0.2) is 0 Å². The Kier molecular flexibility index (Phi) is 10.4. The van der Waals surface area contributed by atoms with Gasteiger partial charge in [0.25, 0.3) is 0 Å². The minimum absolute atomic E-state index is 0.0736. The van der Waals surface area contributed by atoms with Crippen LogP contribution in [0, 0.1) is 3.80 Å². The third-order valence-electron chi connectivity index (χ3n) is 13.2. The number of para-hydroxylation sites is 3. The predicted octanol–water partition coefficient (Wildman–Crippen LogP) is 15.7. The molecule has 9 heteroatoms. The Bertz CT molecular complexity index is 3690. The third kappa shape index (κ3) is 8.67. The first kappa shape index (κ1) is 40.4. The quantitative estimate of drug-likeness (QED) is 0.135. The summed E-state index contributed by atoms with van der Waals surface area (Å²) in [7, 11) is 0. The summed E-state index contributed by atoms with van der Waals surface area (Å²) in [4.78, 5) is 7.28. The van der Waals surface area contributed by atoms with Crippen molar-refractivity contribution in [3.05, 3.63) is 184 Å². The van der Waals surface area contributed by atoms with Crippen molar-refractivity contribution in [2.24, 2.45) is 0 Å². The van der Waals surface area contributed by atoms with Crippen LogP contribution in [0.25, 0.3) is 55.9 Å². The molecular weight excluding hydrogens is 1030 g/mol. The van der Waals surface area contributed by atoms with Gasteiger partial charge in [-0.15, -0.1) is 0 Å². The fourth-order valence-electron chi connectivity index (χ4n) is 9.47. The van der Waals surface area contributed by atoms with Crippen molar-refractivity contribution < 1.29 is 30.9 Å². The molecule has 350 valence electrons. The number of aromatic nitrogens is 5. The second-order valence-electron chi connectivity index (χ2n) is 21.1. The number of ether oxygens (including phenoxy) is 1. The number of anilines is 2. The Morgan fingerprint density at radius 3 is 1.94 bits per heavy atom. The zero-order valence-electron chi connectivity index (χ0n) is 46.1. The van der Waals surface area contributed by atoms with Gasteiger partial charge in [-0.05, 0) is 17.0 Å². The van der Waals surface area contributed by atoms with Gasteiger partial charge in [-0.25, -0.2) is 0 Å². The molecule has 69 heavy (non-hydrogen) atoms. The molecule has 4 heterocycles. The first-order valence-electron chi connectivity index (χ1n) is 26.3. The van der Waals surface area contributed by atoms with Crippen molar-refractivity contribution in [3.8, 4) is 56.4 Å². The zero-order chi connectivity index (χ0) is 52.8. The number of rotatable bonds is 9. The number of fused-ring (bicyclic) bond motifs is 4. The molecule has 1 aliphatic rings. The van der Waals surface area contributed by atoms with Crippen molar-refractivity contribution >= 4 is 29.5 Å². The van der Waals surface area contributed by atoms with Gasteiger partial charge in [0.2, 0.25) is 0 Å². The monoisotopic (exact) mass is 1090 g/mol. The average molecular weight is 1090 g/mol. The topological polar surface area (TPSA) is 53.0 Å². The van der Waals surface area contributed by atoms with E-state index in [0.29, 0.717) is 22.7 Å². The molecule has 6 aromatic carbocycles. The molecule has 7 nitrogen and oxygen atoms in total. The van der Waals surface area contributed by atoms with Crippen molar-refractivity contribution in [1.82, 2.24) is 23.8 Å². The number of imidazole rings is 1. The van der Waals surface area contributed by atoms with Crippen molar-refractivity contribution in [1.29, 1.82) is 0 Å². The van der Waals surface area contributed by atoms with Gasteiger partial charge >= 0.3 is 359 Å². The summed E-state index contributed by atoms with van der Waals surface area (Å²) < 4.78 is 58.9. The van der Waals surface area contributed by atoms with Crippen molar-refractivity contribution in [3.63, 3.8) is 0 Å². The van der Waals surface area contributed by atoms with Crippen LogP contribution in [0.1, 0.15) is 99.2 Å². The molecule has 10 rings (SSSR count). The van der Waals surface area contributed by atoms with E-state index in [0.717, 1.165) is 67.2 Å². The molecule has 0 aliphatic carbocycles. The van der Waals surface area contributed by atoms with Crippen LogP contribution in [0.5, 0.6) is 11.5 Å². The molecule has 0 saturated carbocycles. The molecule has 0 atom stereocenters. The third-order valence-corrected chi connectivity index (χ3v) is 14.2. The summed E-state index contributed by atoms with van der Waals surface area (Å²) in [6, 6.07) is 39.9. The van der Waals surface area contributed by atoms with Crippen LogP contribution in [0.3, 0.4) is 0 Å². The Labute approximate surface area is 426 Å². The normalized spacial score (nSPS) is 13.9. The van der Waals surface area contributed by atoms with Gasteiger partial charge in [0.05, 0.1) is 0 Å². The van der Waals surface area contributed by atoms with E-state index >= 15 is 0 Å². The Balaban J connectivity index is 1.15. The first-order chi connectivity index (χ1) is 35.1. The minimum atomic E-state index is -0.432. The predicted molar refractivity (Wildman–Crippen MR) is 283 cm³/mol. The van der Waals surface area contributed by atoms with Crippen LogP contribution in [-0.2, 0) is 35.6 Å². The van der Waals surface area contributed by atoms with E-state index < -0.39 is 6.04 Å². The summed E-state index contributed by atoms with van der Waals surface area (Å²) in [6.07, 6.45) is 5.59. The second-order valence-corrected chi connectivity index (χ2v) is 22.1. The van der Waals surface area contributed by atoms with E-state index in [1.54, 1.807) is 0 Å². The van der Waals surface area contributed by atoms with E-state index in [9.17, 15) is 2.74 Å². The fourth-order valence-corrected chi connectivity index (χ4v) is 10.6. The second kappa shape index (κ2) is 17.8. The molecule has 0 fully saturated rings. The molecule has 0 bridgehead atoms. The Morgan fingerprint density at radius 2 is 1.26 bits per heavy atom. The molecule has 0 amide bonds. The number of nitrogens with zero attached hydrogens (tertiary/aromatic N) is 6. The van der Waals surface area contributed by atoms with Crippen LogP contribution in [0.2, 0.25) is 6.32 Å². The van der Waals surface area contributed by atoms with Crippen LogP contribution >= 0.6 is 0 Å². The SMILES string of the molecule is [2H]c1c([2H])c([2H])c(-c2cccc(-c3cc(C(C)(C)C)cc(C(C)(C)C)c3)c2-n2[c](=[Pt])n(-c3cccc(Oc4ccc5c(c4)N(c4cc(C(C)(C)C)ccn4)B(CCC)n4nccc4-5)c3)c3ccccc32)c([2H])c1[2H]. The van der Waals surface area contributed by atoms with Gasteiger partial charge in [-0.2, -0.15) is 5.10 Å². The molecule has 0 radical (unpaired) electrons. The van der Waals surface area contributed by atoms with E-state index in [2.05, 4.69) is 180 Å². The molecular formula is C60H61BN6OPt. The number of hydrogen-bond donors (Lipinski definition) is 0.